The van der Waals surface area contributed by atoms with Crippen LogP contribution in [0.4, 0.5) is 11.4 Å². The third-order valence-corrected chi connectivity index (χ3v) is 4.82. The molecule has 26 heavy (non-hydrogen) atoms. The van der Waals surface area contributed by atoms with Crippen molar-refractivity contribution in [2.24, 2.45) is 0 Å². The molecule has 2 aromatic carbocycles. The molecule has 5 nitrogen and oxygen atoms in total. The highest BCUT2D eigenvalue weighted by Gasteiger charge is 2.23. The lowest BCUT2D eigenvalue weighted by Crippen LogP contribution is -2.24. The first kappa shape index (κ1) is 18.5. The summed E-state index contributed by atoms with van der Waals surface area (Å²) in [5.41, 5.74) is 2.09. The first-order valence-electron chi connectivity index (χ1n) is 8.23. The molecule has 136 valence electrons. The Morgan fingerprint density at radius 3 is 2.65 bits per heavy atom. The van der Waals surface area contributed by atoms with E-state index >= 15 is 0 Å². The molecular weight excluding hydrogens is 375 g/mol. The number of ether oxygens (including phenoxy) is 1. The second kappa shape index (κ2) is 7.98. The van der Waals surface area contributed by atoms with Gasteiger partial charge in [0.2, 0.25) is 5.91 Å². The molecule has 1 N–H and O–H groups in total. The van der Waals surface area contributed by atoms with E-state index in [4.69, 9.17) is 27.9 Å². The van der Waals surface area contributed by atoms with Gasteiger partial charge in [0.05, 0.1) is 10.7 Å². The van der Waals surface area contributed by atoms with Crippen LogP contribution in [-0.2, 0) is 9.59 Å². The van der Waals surface area contributed by atoms with Gasteiger partial charge in [0, 0.05) is 23.7 Å². The second-order valence-corrected chi connectivity index (χ2v) is 6.88. The van der Waals surface area contributed by atoms with Crippen LogP contribution >= 0.6 is 23.2 Å². The van der Waals surface area contributed by atoms with E-state index in [1.165, 1.54) is 0 Å². The Balaban J connectivity index is 1.59. The predicted octanol–water partition coefficient (Wildman–Crippen LogP) is 4.45. The van der Waals surface area contributed by atoms with Gasteiger partial charge in [-0.05, 0) is 55.3 Å². The Bertz CT molecular complexity index is 855. The Morgan fingerprint density at radius 2 is 2.00 bits per heavy atom. The summed E-state index contributed by atoms with van der Waals surface area (Å²) in [5.74, 6) is 0.331. The second-order valence-electron chi connectivity index (χ2n) is 6.06. The van der Waals surface area contributed by atoms with Crippen molar-refractivity contribution in [2.75, 3.05) is 23.4 Å². The molecule has 1 aliphatic heterocycles. The number of benzene rings is 2. The Hall–Kier alpha value is -2.24. The fourth-order valence-corrected chi connectivity index (χ4v) is 3.16. The number of carbonyl (C=O) groups is 2. The fraction of sp³-hybridized carbons (Fsp3) is 0.263. The summed E-state index contributed by atoms with van der Waals surface area (Å²) < 4.78 is 5.47. The number of hydrogen-bond acceptors (Lipinski definition) is 3. The van der Waals surface area contributed by atoms with Gasteiger partial charge in [-0.25, -0.2) is 0 Å². The number of amides is 2. The van der Waals surface area contributed by atoms with E-state index in [1.54, 1.807) is 41.3 Å². The van der Waals surface area contributed by atoms with Crippen molar-refractivity contribution in [3.05, 3.63) is 52.0 Å². The summed E-state index contributed by atoms with van der Waals surface area (Å²) >= 11 is 12.2. The molecule has 0 atom stereocenters. The van der Waals surface area contributed by atoms with Gasteiger partial charge >= 0.3 is 0 Å². The number of halogens is 2. The number of anilines is 2. The minimum Gasteiger partial charge on any atom is -0.484 e. The van der Waals surface area contributed by atoms with Gasteiger partial charge in [-0.2, -0.15) is 0 Å². The molecule has 2 amide bonds. The maximum atomic E-state index is 12.1. The number of hydrogen-bond donors (Lipinski definition) is 1. The molecule has 1 heterocycles. The van der Waals surface area contributed by atoms with Crippen molar-refractivity contribution >= 4 is 46.4 Å². The molecule has 0 radical (unpaired) electrons. The zero-order chi connectivity index (χ0) is 18.7. The van der Waals surface area contributed by atoms with Crippen molar-refractivity contribution in [3.8, 4) is 5.75 Å². The molecular formula is C19H18Cl2N2O3. The van der Waals surface area contributed by atoms with Gasteiger partial charge in [0.1, 0.15) is 5.75 Å². The van der Waals surface area contributed by atoms with Crippen LogP contribution in [0.5, 0.6) is 5.75 Å². The topological polar surface area (TPSA) is 58.6 Å². The van der Waals surface area contributed by atoms with Crippen LogP contribution in [0.25, 0.3) is 0 Å². The first-order chi connectivity index (χ1) is 12.4. The molecule has 3 rings (SSSR count). The molecule has 0 aliphatic carbocycles. The number of nitrogens with one attached hydrogen (secondary N) is 1. The monoisotopic (exact) mass is 392 g/mol. The minimum absolute atomic E-state index is 0.0651. The van der Waals surface area contributed by atoms with Crippen LogP contribution in [-0.4, -0.2) is 25.0 Å². The van der Waals surface area contributed by atoms with Crippen molar-refractivity contribution < 1.29 is 14.3 Å². The van der Waals surface area contributed by atoms with Gasteiger partial charge < -0.3 is 15.0 Å². The summed E-state index contributed by atoms with van der Waals surface area (Å²) in [6, 6.07) is 10.3. The number of rotatable bonds is 5. The zero-order valence-corrected chi connectivity index (χ0v) is 15.7. The maximum Gasteiger partial charge on any atom is 0.262 e. The highest BCUT2D eigenvalue weighted by Crippen LogP contribution is 2.31. The van der Waals surface area contributed by atoms with Crippen molar-refractivity contribution in [2.45, 2.75) is 19.8 Å². The minimum atomic E-state index is -0.307. The van der Waals surface area contributed by atoms with Crippen LogP contribution in [0.3, 0.4) is 0 Å². The third-order valence-electron chi connectivity index (χ3n) is 4.09. The number of nitrogens with zero attached hydrogens (tertiary/aromatic N) is 1. The van der Waals surface area contributed by atoms with Crippen LogP contribution in [0.15, 0.2) is 36.4 Å². The molecule has 1 saturated heterocycles. The number of aryl methyl sites for hydroxylation is 1. The van der Waals surface area contributed by atoms with Gasteiger partial charge in [-0.15, -0.1) is 0 Å². The number of carbonyl (C=O) groups excluding carboxylic acids is 2. The standard InChI is InChI=1S/C19H18Cl2N2O3/c1-12-9-14(5-6-15(12)20)26-11-18(24)22-13-4-7-17(16(21)10-13)23-8-2-3-19(23)25/h4-7,9-10H,2-3,8,11H2,1H3,(H,22,24). The van der Waals surface area contributed by atoms with Crippen LogP contribution in [0.1, 0.15) is 18.4 Å². The molecule has 0 unspecified atom stereocenters. The van der Waals surface area contributed by atoms with E-state index in [2.05, 4.69) is 5.32 Å². The fourth-order valence-electron chi connectivity index (χ4n) is 2.76. The summed E-state index contributed by atoms with van der Waals surface area (Å²) in [5, 5.41) is 3.80. The molecule has 7 heteroatoms. The molecule has 0 saturated carbocycles. The average molecular weight is 393 g/mol. The SMILES string of the molecule is Cc1cc(OCC(=O)Nc2ccc(N3CCCC3=O)c(Cl)c2)ccc1Cl. The molecule has 0 spiro atoms. The summed E-state index contributed by atoms with van der Waals surface area (Å²) in [4.78, 5) is 25.6. The lowest BCUT2D eigenvalue weighted by atomic mass is 10.2. The Labute approximate surface area is 161 Å². The van der Waals surface area contributed by atoms with Gasteiger partial charge in [-0.1, -0.05) is 23.2 Å². The van der Waals surface area contributed by atoms with Crippen molar-refractivity contribution in [1.29, 1.82) is 0 Å². The van der Waals surface area contributed by atoms with Crippen molar-refractivity contribution in [1.82, 2.24) is 0 Å². The lowest BCUT2D eigenvalue weighted by molar-refractivity contribution is -0.118. The molecule has 1 fully saturated rings. The van der Waals surface area contributed by atoms with E-state index in [9.17, 15) is 9.59 Å². The van der Waals surface area contributed by atoms with Crippen LogP contribution in [0.2, 0.25) is 10.0 Å². The molecule has 1 aliphatic rings. The molecule has 0 bridgehead atoms. The van der Waals surface area contributed by atoms with E-state index in [0.717, 1.165) is 12.0 Å². The van der Waals surface area contributed by atoms with Gasteiger partial charge in [0.15, 0.2) is 6.61 Å². The highest BCUT2D eigenvalue weighted by molar-refractivity contribution is 6.34. The lowest BCUT2D eigenvalue weighted by Gasteiger charge is -2.18. The van der Waals surface area contributed by atoms with Crippen LogP contribution in [0, 0.1) is 6.92 Å². The third kappa shape index (κ3) is 4.29. The predicted molar refractivity (Wildman–Crippen MR) is 103 cm³/mol. The van der Waals surface area contributed by atoms with E-state index in [1.807, 2.05) is 6.92 Å². The van der Waals surface area contributed by atoms with Crippen molar-refractivity contribution in [3.63, 3.8) is 0 Å². The summed E-state index contributed by atoms with van der Waals surface area (Å²) in [7, 11) is 0. The zero-order valence-electron chi connectivity index (χ0n) is 14.2. The first-order valence-corrected chi connectivity index (χ1v) is 8.98. The van der Waals surface area contributed by atoms with Gasteiger partial charge in [0.25, 0.3) is 5.91 Å². The Kier molecular flexibility index (Phi) is 5.69. The van der Waals surface area contributed by atoms with E-state index < -0.39 is 0 Å². The summed E-state index contributed by atoms with van der Waals surface area (Å²) in [6.45, 7) is 2.40. The normalized spacial score (nSPS) is 13.8. The summed E-state index contributed by atoms with van der Waals surface area (Å²) in [6.07, 6.45) is 1.37. The maximum absolute atomic E-state index is 12.1. The quantitative estimate of drug-likeness (QED) is 0.817. The molecule has 0 aromatic heterocycles. The Morgan fingerprint density at radius 1 is 1.19 bits per heavy atom. The average Bonchev–Trinajstić information content (AvgIpc) is 3.02. The van der Waals surface area contributed by atoms with Crippen LogP contribution < -0.4 is 15.0 Å². The highest BCUT2D eigenvalue weighted by atomic mass is 35.5. The van der Waals surface area contributed by atoms with E-state index in [-0.39, 0.29) is 18.4 Å². The smallest absolute Gasteiger partial charge is 0.262 e. The van der Waals surface area contributed by atoms with Gasteiger partial charge in [-0.3, -0.25) is 9.59 Å². The largest absolute Gasteiger partial charge is 0.484 e. The molecule has 2 aromatic rings. The van der Waals surface area contributed by atoms with E-state index in [0.29, 0.717) is 40.1 Å².